The first kappa shape index (κ1) is 28.1. The Balaban J connectivity index is 1.54. The van der Waals surface area contributed by atoms with E-state index in [4.69, 9.17) is 4.74 Å². The van der Waals surface area contributed by atoms with Gasteiger partial charge in [-0.3, -0.25) is 9.36 Å². The molecule has 5 rings (SSSR count). The van der Waals surface area contributed by atoms with E-state index in [1.165, 1.54) is 10.4 Å². The quantitative estimate of drug-likeness (QED) is 0.215. The molecule has 1 fully saturated rings. The van der Waals surface area contributed by atoms with Crippen molar-refractivity contribution in [2.45, 2.75) is 29.1 Å². The van der Waals surface area contributed by atoms with Crippen LogP contribution in [0.4, 0.5) is 8.78 Å². The number of rotatable bonds is 8. The van der Waals surface area contributed by atoms with Crippen molar-refractivity contribution in [1.29, 1.82) is 0 Å². The van der Waals surface area contributed by atoms with Gasteiger partial charge in [-0.25, -0.2) is 17.2 Å². The smallest absolute Gasteiger partial charge is 0.243 e. The van der Waals surface area contributed by atoms with Crippen LogP contribution in [-0.2, 0) is 14.8 Å². The molecule has 12 heteroatoms. The first-order valence-electron chi connectivity index (χ1n) is 12.5. The van der Waals surface area contributed by atoms with Gasteiger partial charge >= 0.3 is 0 Å². The van der Waals surface area contributed by atoms with E-state index < -0.39 is 32.7 Å². The van der Waals surface area contributed by atoms with Crippen LogP contribution in [0.25, 0.3) is 17.1 Å². The molecule has 40 heavy (non-hydrogen) atoms. The van der Waals surface area contributed by atoms with Crippen molar-refractivity contribution in [3.05, 3.63) is 89.5 Å². The van der Waals surface area contributed by atoms with Crippen LogP contribution < -0.4 is 0 Å². The zero-order valence-corrected chi connectivity index (χ0v) is 23.4. The van der Waals surface area contributed by atoms with Crippen LogP contribution in [0.2, 0.25) is 0 Å². The summed E-state index contributed by atoms with van der Waals surface area (Å²) in [6.07, 6.45) is 0. The number of carbonyl (C=O) groups is 1. The van der Waals surface area contributed by atoms with Gasteiger partial charge in [0.05, 0.1) is 23.4 Å². The number of ketones is 1. The number of benzene rings is 3. The van der Waals surface area contributed by atoms with E-state index in [9.17, 15) is 22.0 Å². The number of carbonyl (C=O) groups excluding carboxylic acids is 1. The zero-order valence-electron chi connectivity index (χ0n) is 21.8. The molecule has 2 heterocycles. The van der Waals surface area contributed by atoms with Gasteiger partial charge in [0.1, 0.15) is 0 Å². The van der Waals surface area contributed by atoms with Crippen LogP contribution in [0, 0.1) is 18.6 Å². The number of ether oxygens (including phenoxy) is 1. The van der Waals surface area contributed by atoms with Gasteiger partial charge in [0.15, 0.2) is 28.4 Å². The number of sulfonamides is 1. The predicted octanol–water partition coefficient (Wildman–Crippen LogP) is 4.91. The molecule has 0 unspecified atom stereocenters. The Bertz CT molecular complexity index is 1660. The molecule has 1 aromatic heterocycles. The third-order valence-corrected chi connectivity index (χ3v) is 9.50. The second kappa shape index (κ2) is 11.6. The fourth-order valence-electron chi connectivity index (χ4n) is 4.36. The summed E-state index contributed by atoms with van der Waals surface area (Å²) >= 11 is 1.12. The number of aromatic nitrogens is 3. The fraction of sp³-hybridized carbons (Fsp3) is 0.250. The third-order valence-electron chi connectivity index (χ3n) is 6.56. The van der Waals surface area contributed by atoms with Crippen LogP contribution in [-0.4, -0.2) is 64.8 Å². The molecule has 0 saturated carbocycles. The first-order chi connectivity index (χ1) is 19.2. The van der Waals surface area contributed by atoms with Crippen molar-refractivity contribution < 1.29 is 26.7 Å². The topological polar surface area (TPSA) is 94.4 Å². The summed E-state index contributed by atoms with van der Waals surface area (Å²) in [6, 6.07) is 17.2. The highest BCUT2D eigenvalue weighted by atomic mass is 32.2. The molecular weight excluding hydrogens is 558 g/mol. The number of hydrogen-bond acceptors (Lipinski definition) is 7. The number of morpholine rings is 1. The molecule has 1 saturated heterocycles. The number of thioether (sulfide) groups is 1. The maximum Gasteiger partial charge on any atom is 0.243 e. The van der Waals surface area contributed by atoms with Crippen molar-refractivity contribution in [2.24, 2.45) is 0 Å². The monoisotopic (exact) mass is 584 g/mol. The average Bonchev–Trinajstić information content (AvgIpc) is 3.38. The lowest BCUT2D eigenvalue weighted by Crippen LogP contribution is -2.40. The first-order valence-corrected chi connectivity index (χ1v) is 14.8. The van der Waals surface area contributed by atoms with Crippen molar-refractivity contribution in [2.75, 3.05) is 26.3 Å². The SMILES string of the molecule is Cc1ccc(S(=O)(=O)N2CCOCC2)cc1-c1nnc(S[C@H](C)C(=O)c2ccc(F)c(F)c2)n1-c1ccccc1. The van der Waals surface area contributed by atoms with Crippen molar-refractivity contribution in [3.63, 3.8) is 0 Å². The Hall–Kier alpha value is -3.45. The van der Waals surface area contributed by atoms with Gasteiger partial charge in [-0.05, 0) is 61.9 Å². The molecule has 0 radical (unpaired) electrons. The minimum Gasteiger partial charge on any atom is -0.379 e. The molecule has 0 spiro atoms. The lowest BCUT2D eigenvalue weighted by atomic mass is 10.1. The summed E-state index contributed by atoms with van der Waals surface area (Å²) in [4.78, 5) is 13.2. The Morgan fingerprint density at radius 1 is 0.975 bits per heavy atom. The maximum atomic E-state index is 13.8. The summed E-state index contributed by atoms with van der Waals surface area (Å²) in [5, 5.41) is 8.44. The minimum absolute atomic E-state index is 0.0433. The largest absolute Gasteiger partial charge is 0.379 e. The second-order valence-corrected chi connectivity index (χ2v) is 12.5. The van der Waals surface area contributed by atoms with E-state index in [1.54, 1.807) is 29.7 Å². The van der Waals surface area contributed by atoms with Crippen LogP contribution >= 0.6 is 11.8 Å². The molecular formula is C28H26F2N4O4S2. The second-order valence-electron chi connectivity index (χ2n) is 9.22. The Kier molecular flexibility index (Phi) is 8.13. The molecule has 208 valence electrons. The minimum atomic E-state index is -3.76. The van der Waals surface area contributed by atoms with Crippen LogP contribution in [0.5, 0.6) is 0 Å². The van der Waals surface area contributed by atoms with Crippen molar-refractivity contribution in [1.82, 2.24) is 19.1 Å². The molecule has 4 aromatic rings. The average molecular weight is 585 g/mol. The molecule has 0 aliphatic carbocycles. The van der Waals surface area contributed by atoms with Gasteiger partial charge in [0.25, 0.3) is 0 Å². The van der Waals surface area contributed by atoms with Crippen LogP contribution in [0.1, 0.15) is 22.8 Å². The lowest BCUT2D eigenvalue weighted by molar-refractivity contribution is 0.0730. The van der Waals surface area contributed by atoms with E-state index in [2.05, 4.69) is 10.2 Å². The Morgan fingerprint density at radius 3 is 2.40 bits per heavy atom. The highest BCUT2D eigenvalue weighted by Crippen LogP contribution is 2.34. The van der Waals surface area contributed by atoms with Crippen molar-refractivity contribution >= 4 is 27.6 Å². The lowest BCUT2D eigenvalue weighted by Gasteiger charge is -2.26. The number of aryl methyl sites for hydroxylation is 1. The zero-order chi connectivity index (χ0) is 28.4. The highest BCUT2D eigenvalue weighted by molar-refractivity contribution is 8.00. The molecule has 0 bridgehead atoms. The van der Waals surface area contributed by atoms with Crippen LogP contribution in [0.15, 0.2) is 76.8 Å². The number of hydrogen-bond donors (Lipinski definition) is 0. The summed E-state index contributed by atoms with van der Waals surface area (Å²) in [6.45, 7) is 4.72. The van der Waals surface area contributed by atoms with Crippen LogP contribution in [0.3, 0.4) is 0 Å². The molecule has 0 amide bonds. The molecule has 3 aromatic carbocycles. The standard InChI is InChI=1S/C28H26F2N4O4S2/c1-18-8-10-22(40(36,37)33-12-14-38-15-13-33)17-23(18)27-31-32-28(34(27)21-6-4-3-5-7-21)39-19(2)26(35)20-9-11-24(29)25(30)16-20/h3-11,16-17,19H,12-15H2,1-2H3/t19-/m1/s1. The van der Waals surface area contributed by atoms with Gasteiger partial charge < -0.3 is 4.74 Å². The Labute approximate surface area is 235 Å². The molecule has 1 aliphatic rings. The molecule has 1 aliphatic heterocycles. The van der Waals surface area contributed by atoms with E-state index in [0.717, 1.165) is 29.5 Å². The normalized spacial score (nSPS) is 15.2. The van der Waals surface area contributed by atoms with E-state index in [-0.39, 0.29) is 23.5 Å². The van der Waals surface area contributed by atoms with E-state index in [0.29, 0.717) is 35.4 Å². The van der Waals surface area contributed by atoms with Crippen molar-refractivity contribution in [3.8, 4) is 17.1 Å². The highest BCUT2D eigenvalue weighted by Gasteiger charge is 2.29. The number of nitrogens with zero attached hydrogens (tertiary/aromatic N) is 4. The number of para-hydroxylation sites is 1. The molecule has 8 nitrogen and oxygen atoms in total. The molecule has 1 atom stereocenters. The van der Waals surface area contributed by atoms with E-state index >= 15 is 0 Å². The summed E-state index contributed by atoms with van der Waals surface area (Å²) in [5.74, 6) is -2.13. The fourth-order valence-corrected chi connectivity index (χ4v) is 6.74. The number of halogens is 2. The summed E-state index contributed by atoms with van der Waals surface area (Å²) < 4.78 is 62.4. The summed E-state index contributed by atoms with van der Waals surface area (Å²) in [7, 11) is -3.76. The van der Waals surface area contributed by atoms with Gasteiger partial charge in [0, 0.05) is 29.9 Å². The maximum absolute atomic E-state index is 13.8. The van der Waals surface area contributed by atoms with E-state index in [1.807, 2.05) is 37.3 Å². The predicted molar refractivity (Wildman–Crippen MR) is 147 cm³/mol. The molecule has 0 N–H and O–H groups in total. The van der Waals surface area contributed by atoms with Gasteiger partial charge in [-0.1, -0.05) is 36.0 Å². The third kappa shape index (κ3) is 5.57. The summed E-state index contributed by atoms with van der Waals surface area (Å²) in [5.41, 5.74) is 2.10. The van der Waals surface area contributed by atoms with Gasteiger partial charge in [-0.2, -0.15) is 4.31 Å². The van der Waals surface area contributed by atoms with Gasteiger partial charge in [-0.15, -0.1) is 10.2 Å². The number of Topliss-reactive ketones (excluding diaryl/α,β-unsaturated/α-hetero) is 1. The van der Waals surface area contributed by atoms with Gasteiger partial charge in [0.2, 0.25) is 10.0 Å². The Morgan fingerprint density at radius 2 is 1.70 bits per heavy atom.